The van der Waals surface area contributed by atoms with Crippen LogP contribution in [0.2, 0.25) is 0 Å². The molecule has 148 valence electrons. The van der Waals surface area contributed by atoms with Crippen molar-refractivity contribution < 1.29 is 18.8 Å². The van der Waals surface area contributed by atoms with E-state index in [-0.39, 0.29) is 11.8 Å². The minimum Gasteiger partial charge on any atom is -0.444 e. The van der Waals surface area contributed by atoms with Crippen molar-refractivity contribution >= 4 is 17.5 Å². The normalized spacial score (nSPS) is 19.0. The predicted octanol–water partition coefficient (Wildman–Crippen LogP) is 2.48. The van der Waals surface area contributed by atoms with E-state index in [1.165, 1.54) is 12.1 Å². The zero-order chi connectivity index (χ0) is 19.8. The molecule has 1 amide bonds. The molecule has 2 aliphatic heterocycles. The van der Waals surface area contributed by atoms with Crippen molar-refractivity contribution in [2.45, 2.75) is 32.4 Å². The number of nitro benzene ring substituents is 1. The van der Waals surface area contributed by atoms with Crippen LogP contribution in [0.25, 0.3) is 0 Å². The van der Waals surface area contributed by atoms with Gasteiger partial charge in [0.25, 0.3) is 5.69 Å². The number of hydrogen-bond acceptors (Lipinski definition) is 6. The monoisotopic (exact) mass is 380 g/mol. The first-order valence-corrected chi connectivity index (χ1v) is 9.05. The molecule has 2 fully saturated rings. The fraction of sp³-hybridized carbons (Fsp3) is 0.611. The van der Waals surface area contributed by atoms with Crippen molar-refractivity contribution in [3.63, 3.8) is 0 Å². The van der Waals surface area contributed by atoms with Crippen molar-refractivity contribution in [3.8, 4) is 0 Å². The van der Waals surface area contributed by atoms with Gasteiger partial charge in [0.2, 0.25) is 0 Å². The molecule has 0 radical (unpaired) electrons. The maximum atomic E-state index is 14.1. The summed E-state index contributed by atoms with van der Waals surface area (Å²) in [5, 5.41) is 10.7. The summed E-state index contributed by atoms with van der Waals surface area (Å²) in [5.41, 5.74) is -0.354. The number of rotatable bonds is 3. The molecular weight excluding hydrogens is 355 g/mol. The number of benzene rings is 1. The van der Waals surface area contributed by atoms with Gasteiger partial charge in [-0.1, -0.05) is 0 Å². The Balaban J connectivity index is 1.49. The van der Waals surface area contributed by atoms with Crippen molar-refractivity contribution in [2.75, 3.05) is 44.2 Å². The molecule has 0 unspecified atom stereocenters. The molecule has 27 heavy (non-hydrogen) atoms. The number of hydrogen-bond donors (Lipinski definition) is 0. The van der Waals surface area contributed by atoms with Crippen LogP contribution < -0.4 is 4.90 Å². The Bertz CT molecular complexity index is 723. The average molecular weight is 380 g/mol. The summed E-state index contributed by atoms with van der Waals surface area (Å²) in [5.74, 6) is -0.572. The van der Waals surface area contributed by atoms with Gasteiger partial charge in [0, 0.05) is 51.4 Å². The Morgan fingerprint density at radius 1 is 1.22 bits per heavy atom. The molecule has 0 aliphatic carbocycles. The van der Waals surface area contributed by atoms with Gasteiger partial charge < -0.3 is 14.5 Å². The van der Waals surface area contributed by atoms with Gasteiger partial charge in [0.15, 0.2) is 5.82 Å². The highest BCUT2D eigenvalue weighted by molar-refractivity contribution is 5.68. The van der Waals surface area contributed by atoms with Gasteiger partial charge in [-0.3, -0.25) is 15.0 Å². The third-order valence-electron chi connectivity index (χ3n) is 4.83. The Labute approximate surface area is 157 Å². The Hall–Kier alpha value is -2.42. The van der Waals surface area contributed by atoms with Crippen LogP contribution >= 0.6 is 0 Å². The minimum absolute atomic E-state index is 0.244. The average Bonchev–Trinajstić information content (AvgIpc) is 2.53. The Morgan fingerprint density at radius 2 is 1.85 bits per heavy atom. The van der Waals surface area contributed by atoms with E-state index in [4.69, 9.17) is 4.74 Å². The van der Waals surface area contributed by atoms with E-state index in [0.29, 0.717) is 37.9 Å². The molecule has 2 heterocycles. The standard InChI is InChI=1S/C18H25FN4O4/c1-18(2,3)27-17(24)21-8-6-20(7-9-21)14-11-22(12-14)16-5-4-13(23(25)26)10-15(16)19/h4-5,10,14H,6-9,11-12H2,1-3H3. The topological polar surface area (TPSA) is 79.2 Å². The number of non-ortho nitro benzene ring substituents is 1. The van der Waals surface area contributed by atoms with Crippen LogP contribution in [-0.2, 0) is 4.74 Å². The second kappa shape index (κ2) is 7.30. The first-order chi connectivity index (χ1) is 12.6. The third-order valence-corrected chi connectivity index (χ3v) is 4.83. The predicted molar refractivity (Wildman–Crippen MR) is 98.4 cm³/mol. The van der Waals surface area contributed by atoms with E-state index in [2.05, 4.69) is 4.90 Å². The van der Waals surface area contributed by atoms with Gasteiger partial charge in [-0.25, -0.2) is 9.18 Å². The number of piperazine rings is 1. The number of anilines is 1. The summed E-state index contributed by atoms with van der Waals surface area (Å²) < 4.78 is 19.5. The summed E-state index contributed by atoms with van der Waals surface area (Å²) >= 11 is 0. The zero-order valence-corrected chi connectivity index (χ0v) is 15.9. The second-order valence-corrected chi connectivity index (χ2v) is 7.95. The van der Waals surface area contributed by atoms with Crippen LogP contribution in [0.3, 0.4) is 0 Å². The van der Waals surface area contributed by atoms with Gasteiger partial charge in [0.05, 0.1) is 16.7 Å². The summed E-state index contributed by atoms with van der Waals surface area (Å²) in [4.78, 5) is 28.1. The molecule has 0 N–H and O–H groups in total. The lowest BCUT2D eigenvalue weighted by Gasteiger charge is -2.49. The molecule has 2 aliphatic rings. The fourth-order valence-electron chi connectivity index (χ4n) is 3.34. The van der Waals surface area contributed by atoms with Crippen LogP contribution in [0.15, 0.2) is 18.2 Å². The first-order valence-electron chi connectivity index (χ1n) is 9.05. The van der Waals surface area contributed by atoms with E-state index in [0.717, 1.165) is 19.2 Å². The lowest BCUT2D eigenvalue weighted by Crippen LogP contribution is -2.63. The van der Waals surface area contributed by atoms with Crippen molar-refractivity contribution in [1.82, 2.24) is 9.80 Å². The summed E-state index contributed by atoms with van der Waals surface area (Å²) in [6.07, 6.45) is -0.287. The molecule has 9 heteroatoms. The van der Waals surface area contributed by atoms with Crippen LogP contribution in [0, 0.1) is 15.9 Å². The molecule has 0 aromatic heterocycles. The number of carbonyl (C=O) groups excluding carboxylic acids is 1. The highest BCUT2D eigenvalue weighted by atomic mass is 19.1. The van der Waals surface area contributed by atoms with Gasteiger partial charge >= 0.3 is 6.09 Å². The van der Waals surface area contributed by atoms with Gasteiger partial charge in [-0.05, 0) is 26.8 Å². The largest absolute Gasteiger partial charge is 0.444 e. The van der Waals surface area contributed by atoms with Gasteiger partial charge in [0.1, 0.15) is 5.60 Å². The quantitative estimate of drug-likeness (QED) is 0.592. The lowest BCUT2D eigenvalue weighted by atomic mass is 10.0. The summed E-state index contributed by atoms with van der Waals surface area (Å²) in [7, 11) is 0. The van der Waals surface area contributed by atoms with E-state index < -0.39 is 16.3 Å². The van der Waals surface area contributed by atoms with Crippen LogP contribution in [-0.4, -0.2) is 71.7 Å². The number of nitro groups is 1. The van der Waals surface area contributed by atoms with Crippen LogP contribution in [0.4, 0.5) is 20.6 Å². The number of nitrogens with zero attached hydrogens (tertiary/aromatic N) is 4. The molecule has 0 atom stereocenters. The number of carbonyl (C=O) groups is 1. The van der Waals surface area contributed by atoms with E-state index >= 15 is 0 Å². The molecule has 1 aromatic carbocycles. The Kier molecular flexibility index (Phi) is 5.23. The summed E-state index contributed by atoms with van der Waals surface area (Å²) in [6, 6.07) is 4.04. The second-order valence-electron chi connectivity index (χ2n) is 7.95. The van der Waals surface area contributed by atoms with Crippen molar-refractivity contribution in [3.05, 3.63) is 34.1 Å². The van der Waals surface area contributed by atoms with E-state index in [1.54, 1.807) is 4.90 Å². The molecule has 0 saturated carbocycles. The maximum absolute atomic E-state index is 14.1. The van der Waals surface area contributed by atoms with Crippen LogP contribution in [0.5, 0.6) is 0 Å². The zero-order valence-electron chi connectivity index (χ0n) is 15.9. The molecule has 0 bridgehead atoms. The Morgan fingerprint density at radius 3 is 2.37 bits per heavy atom. The molecule has 0 spiro atoms. The smallest absolute Gasteiger partial charge is 0.410 e. The fourth-order valence-corrected chi connectivity index (χ4v) is 3.34. The molecular formula is C18H25FN4O4. The highest BCUT2D eigenvalue weighted by Gasteiger charge is 2.36. The van der Waals surface area contributed by atoms with Crippen molar-refractivity contribution in [1.29, 1.82) is 0 Å². The molecule has 1 aromatic rings. The van der Waals surface area contributed by atoms with Gasteiger partial charge in [-0.2, -0.15) is 0 Å². The summed E-state index contributed by atoms with van der Waals surface area (Å²) in [6.45, 7) is 9.60. The van der Waals surface area contributed by atoms with E-state index in [9.17, 15) is 19.3 Å². The molecule has 2 saturated heterocycles. The molecule has 3 rings (SSSR count). The first kappa shape index (κ1) is 19.3. The highest BCUT2D eigenvalue weighted by Crippen LogP contribution is 2.29. The minimum atomic E-state index is -0.601. The van der Waals surface area contributed by atoms with E-state index in [1.807, 2.05) is 25.7 Å². The SMILES string of the molecule is CC(C)(C)OC(=O)N1CCN(C2CN(c3ccc([N+](=O)[O-])cc3F)C2)CC1. The lowest BCUT2D eigenvalue weighted by molar-refractivity contribution is -0.385. The molecule has 8 nitrogen and oxygen atoms in total. The third kappa shape index (κ3) is 4.47. The van der Waals surface area contributed by atoms with Crippen molar-refractivity contribution in [2.24, 2.45) is 0 Å². The number of halogens is 1. The number of ether oxygens (including phenoxy) is 1. The van der Waals surface area contributed by atoms with Crippen LogP contribution in [0.1, 0.15) is 20.8 Å². The number of amides is 1. The maximum Gasteiger partial charge on any atom is 0.410 e. The van der Waals surface area contributed by atoms with Gasteiger partial charge in [-0.15, -0.1) is 0 Å².